The zero-order valence-corrected chi connectivity index (χ0v) is 23.8. The van der Waals surface area contributed by atoms with Gasteiger partial charge in [-0.1, -0.05) is 38.5 Å². The fourth-order valence-electron chi connectivity index (χ4n) is 5.33. The number of para-hydroxylation sites is 1. The Labute approximate surface area is 230 Å². The number of aliphatic carboxylic acids is 1. The van der Waals surface area contributed by atoms with Crippen molar-refractivity contribution in [3.8, 4) is 0 Å². The Morgan fingerprint density at radius 2 is 1.85 bits per heavy atom. The lowest BCUT2D eigenvalue weighted by molar-refractivity contribution is -0.433. The molecular weight excluding hydrogens is 522 g/mol. The van der Waals surface area contributed by atoms with Crippen molar-refractivity contribution < 1.29 is 32.5 Å². The number of rotatable bonds is 10. The topological polar surface area (TPSA) is 157 Å². The molecule has 216 valence electrons. The van der Waals surface area contributed by atoms with Crippen LogP contribution in [-0.2, 0) is 24.4 Å². The maximum Gasteiger partial charge on any atom is 0.308 e. The van der Waals surface area contributed by atoms with Crippen molar-refractivity contribution in [3.05, 3.63) is 29.8 Å². The summed E-state index contributed by atoms with van der Waals surface area (Å²) in [6.07, 6.45) is 7.59. The fourth-order valence-corrected chi connectivity index (χ4v) is 5.67. The number of nitrogens with zero attached hydrogens (tertiary/aromatic N) is 1. The van der Waals surface area contributed by atoms with Crippen LogP contribution >= 0.6 is 0 Å². The minimum atomic E-state index is -3.61. The van der Waals surface area contributed by atoms with Crippen LogP contribution in [0.3, 0.4) is 0 Å². The zero-order valence-electron chi connectivity index (χ0n) is 23.0. The van der Waals surface area contributed by atoms with Gasteiger partial charge in [-0.25, -0.2) is 18.4 Å². The van der Waals surface area contributed by atoms with E-state index in [0.717, 1.165) is 49.7 Å². The predicted octanol–water partition coefficient (Wildman–Crippen LogP) is 1.48. The Balaban J connectivity index is 1.85. The molecule has 2 amide bonds. The summed E-state index contributed by atoms with van der Waals surface area (Å²) in [5, 5.41) is 15.8. The molecule has 12 heteroatoms. The zero-order chi connectivity index (χ0) is 28.6. The highest BCUT2D eigenvalue weighted by molar-refractivity contribution is 7.88. The molecule has 0 aromatic heterocycles. The van der Waals surface area contributed by atoms with E-state index in [1.807, 2.05) is 32.0 Å². The Bertz CT molecular complexity index is 1170. The lowest BCUT2D eigenvalue weighted by Crippen LogP contribution is -2.52. The second kappa shape index (κ2) is 14.0. The van der Waals surface area contributed by atoms with Gasteiger partial charge in [-0.15, -0.1) is 0 Å². The predicted molar refractivity (Wildman–Crippen MR) is 148 cm³/mol. The standard InChI is InChI=1S/C27H41N5O6S/c1-18(2)14-21(22(27(35)36)16-29-31-39(3,37)38)25(33)30-23-15-19-17-32(24-11-7-6-10-20(19)24)13-9-5-4-8-12-28-26(23)34/h6-7,10-11,17-19,21-23,29,31H,4-5,8-9,12-16H2,1-3H3,(H2-,28,30,33,34,35,36)/p+1/t19?,21-,22?,23+/m1/s1. The van der Waals surface area contributed by atoms with Crippen molar-refractivity contribution in [1.82, 2.24) is 20.9 Å². The molecule has 1 aromatic rings. The van der Waals surface area contributed by atoms with E-state index in [4.69, 9.17) is 0 Å². The van der Waals surface area contributed by atoms with Gasteiger partial charge >= 0.3 is 5.97 Å². The van der Waals surface area contributed by atoms with E-state index in [-0.39, 0.29) is 30.7 Å². The maximum atomic E-state index is 13.6. The van der Waals surface area contributed by atoms with E-state index in [2.05, 4.69) is 37.7 Å². The Hall–Kier alpha value is -2.83. The average molecular weight is 565 g/mol. The van der Waals surface area contributed by atoms with Gasteiger partial charge in [-0.3, -0.25) is 14.4 Å². The third kappa shape index (κ3) is 9.11. The highest BCUT2D eigenvalue weighted by atomic mass is 32.2. The minimum absolute atomic E-state index is 0.0112. The molecule has 2 aliphatic rings. The van der Waals surface area contributed by atoms with Crippen molar-refractivity contribution in [1.29, 1.82) is 0 Å². The molecule has 1 aromatic carbocycles. The highest BCUT2D eigenvalue weighted by Gasteiger charge is 2.38. The van der Waals surface area contributed by atoms with Crippen LogP contribution < -0.4 is 20.9 Å². The van der Waals surface area contributed by atoms with Crippen molar-refractivity contribution in [3.63, 3.8) is 0 Å². The van der Waals surface area contributed by atoms with E-state index in [1.165, 1.54) is 0 Å². The number of hydrogen-bond donors (Lipinski definition) is 5. The molecule has 2 heterocycles. The van der Waals surface area contributed by atoms with Crippen LogP contribution in [0.25, 0.3) is 0 Å². The van der Waals surface area contributed by atoms with E-state index in [9.17, 15) is 27.9 Å². The number of benzene rings is 1. The summed E-state index contributed by atoms with van der Waals surface area (Å²) >= 11 is 0. The fraction of sp³-hybridized carbons (Fsp3) is 0.630. The van der Waals surface area contributed by atoms with Gasteiger partial charge in [-0.2, -0.15) is 4.83 Å². The molecule has 0 aliphatic carbocycles. The number of hydrazine groups is 1. The number of carboxylic acid groups (broad SMARTS) is 1. The molecule has 4 atom stereocenters. The van der Waals surface area contributed by atoms with E-state index >= 15 is 0 Å². The van der Waals surface area contributed by atoms with Crippen LogP contribution in [0.1, 0.15) is 63.9 Å². The van der Waals surface area contributed by atoms with Crippen molar-refractivity contribution in [2.75, 3.05) is 25.9 Å². The molecule has 0 saturated carbocycles. The first-order chi connectivity index (χ1) is 18.5. The molecule has 39 heavy (non-hydrogen) atoms. The van der Waals surface area contributed by atoms with Crippen molar-refractivity contribution in [2.24, 2.45) is 17.8 Å². The molecule has 2 aliphatic heterocycles. The number of carbonyl (C=O) groups is 3. The SMILES string of the molecule is CC(C)C[C@@H](C(=O)N[C@H]1CC2C=[N+](CCCCCCNC1=O)c1ccccc12)C(CNNS(C)(=O)=O)C(=O)O. The van der Waals surface area contributed by atoms with Gasteiger partial charge in [0.1, 0.15) is 12.6 Å². The van der Waals surface area contributed by atoms with Crippen LogP contribution in [-0.4, -0.2) is 74.0 Å². The third-order valence-electron chi connectivity index (χ3n) is 7.20. The molecular formula is C27H42N5O6S+. The summed E-state index contributed by atoms with van der Waals surface area (Å²) in [6, 6.07) is 7.21. The first-order valence-electron chi connectivity index (χ1n) is 13.7. The second-order valence-corrected chi connectivity index (χ2v) is 12.7. The first kappa shape index (κ1) is 30.7. The van der Waals surface area contributed by atoms with Gasteiger partial charge in [0.15, 0.2) is 6.21 Å². The summed E-state index contributed by atoms with van der Waals surface area (Å²) in [6.45, 7) is 4.87. The third-order valence-corrected chi connectivity index (χ3v) is 7.71. The molecule has 0 fully saturated rings. The van der Waals surface area contributed by atoms with E-state index < -0.39 is 39.8 Å². The maximum absolute atomic E-state index is 13.6. The van der Waals surface area contributed by atoms with Crippen molar-refractivity contribution in [2.45, 2.75) is 64.3 Å². The quantitative estimate of drug-likeness (QED) is 0.213. The van der Waals surface area contributed by atoms with Crippen LogP contribution in [0.2, 0.25) is 0 Å². The summed E-state index contributed by atoms with van der Waals surface area (Å²) in [5.41, 5.74) is 4.63. The molecule has 2 unspecified atom stereocenters. The Kier molecular flexibility index (Phi) is 11.0. The second-order valence-electron chi connectivity index (χ2n) is 10.9. The number of sulfonamides is 1. The highest BCUT2D eigenvalue weighted by Crippen LogP contribution is 2.35. The van der Waals surface area contributed by atoms with Crippen LogP contribution in [0.4, 0.5) is 5.69 Å². The number of carbonyl (C=O) groups excluding carboxylic acids is 2. The Morgan fingerprint density at radius 1 is 1.13 bits per heavy atom. The number of fused-ring (bicyclic) bond motifs is 4. The van der Waals surface area contributed by atoms with E-state index in [1.54, 1.807) is 0 Å². The normalized spacial score (nSPS) is 21.8. The molecule has 5 N–H and O–H groups in total. The first-order valence-corrected chi connectivity index (χ1v) is 15.6. The number of carboxylic acids is 1. The van der Waals surface area contributed by atoms with Crippen LogP contribution in [0.5, 0.6) is 0 Å². The molecule has 3 rings (SSSR count). The van der Waals surface area contributed by atoms with Gasteiger partial charge in [0.2, 0.25) is 27.5 Å². The number of amides is 2. The minimum Gasteiger partial charge on any atom is -0.481 e. The average Bonchev–Trinajstić information content (AvgIpc) is 3.20. The molecule has 11 nitrogen and oxygen atoms in total. The number of nitrogens with one attached hydrogen (secondary N) is 4. The monoisotopic (exact) mass is 564 g/mol. The Morgan fingerprint density at radius 3 is 2.54 bits per heavy atom. The van der Waals surface area contributed by atoms with Crippen molar-refractivity contribution >= 4 is 39.7 Å². The van der Waals surface area contributed by atoms with Crippen LogP contribution in [0.15, 0.2) is 24.3 Å². The molecule has 2 bridgehead atoms. The summed E-state index contributed by atoms with van der Waals surface area (Å²) < 4.78 is 25.1. The van der Waals surface area contributed by atoms with Gasteiger partial charge in [0, 0.05) is 31.1 Å². The lowest BCUT2D eigenvalue weighted by atomic mass is 9.84. The van der Waals surface area contributed by atoms with Gasteiger partial charge in [-0.05, 0) is 31.6 Å². The van der Waals surface area contributed by atoms with Crippen LogP contribution in [0, 0.1) is 17.8 Å². The lowest BCUT2D eigenvalue weighted by Gasteiger charge is -2.28. The number of hydrogen-bond acceptors (Lipinski definition) is 6. The summed E-state index contributed by atoms with van der Waals surface area (Å²) in [5.74, 6) is -4.35. The smallest absolute Gasteiger partial charge is 0.308 e. The van der Waals surface area contributed by atoms with E-state index in [0.29, 0.717) is 13.0 Å². The van der Waals surface area contributed by atoms with Gasteiger partial charge in [0.05, 0.1) is 24.0 Å². The largest absolute Gasteiger partial charge is 0.481 e. The molecule has 0 spiro atoms. The van der Waals surface area contributed by atoms with Gasteiger partial charge < -0.3 is 15.7 Å². The molecule has 0 saturated heterocycles. The summed E-state index contributed by atoms with van der Waals surface area (Å²) in [4.78, 5) is 41.2. The summed E-state index contributed by atoms with van der Waals surface area (Å²) in [7, 11) is -3.61. The van der Waals surface area contributed by atoms with Gasteiger partial charge in [0.25, 0.3) is 0 Å². The molecule has 0 radical (unpaired) electrons.